The molecule has 1 aromatic carbocycles. The summed E-state index contributed by atoms with van der Waals surface area (Å²) in [5, 5.41) is 16.2. The average molecular weight is 739 g/mol. The molecule has 0 bridgehead atoms. The molecule has 3 amide bonds. The van der Waals surface area contributed by atoms with Crippen LogP contribution >= 0.6 is 0 Å². The van der Waals surface area contributed by atoms with Crippen LogP contribution in [0.5, 0.6) is 0 Å². The molecule has 0 saturated carbocycles. The number of aromatic nitrogens is 4. The number of ether oxygens (including phenoxy) is 3. The fourth-order valence-corrected chi connectivity index (χ4v) is 5.80. The molecule has 0 aliphatic carbocycles. The van der Waals surface area contributed by atoms with E-state index in [2.05, 4.69) is 5.10 Å². The van der Waals surface area contributed by atoms with Crippen molar-refractivity contribution in [3.05, 3.63) is 51.7 Å². The quantitative estimate of drug-likeness (QED) is 0.130. The number of amides is 3. The lowest BCUT2D eigenvalue weighted by molar-refractivity contribution is -0.384. The van der Waals surface area contributed by atoms with Crippen LogP contribution in [0.3, 0.4) is 0 Å². The molecular formula is C37H54N8O8. The van der Waals surface area contributed by atoms with Crippen molar-refractivity contribution in [2.24, 2.45) is 0 Å². The molecule has 0 N–H and O–H groups in total. The molecule has 4 rings (SSSR count). The Morgan fingerprint density at radius 3 is 2.13 bits per heavy atom. The van der Waals surface area contributed by atoms with E-state index in [4.69, 9.17) is 24.2 Å². The number of rotatable bonds is 7. The van der Waals surface area contributed by atoms with E-state index in [-0.39, 0.29) is 36.6 Å². The normalized spacial score (nSPS) is 16.3. The highest BCUT2D eigenvalue weighted by molar-refractivity contribution is 5.89. The van der Waals surface area contributed by atoms with Crippen LogP contribution in [0.2, 0.25) is 0 Å². The van der Waals surface area contributed by atoms with Gasteiger partial charge in [0.2, 0.25) is 11.9 Å². The van der Waals surface area contributed by atoms with Crippen LogP contribution in [-0.4, -0.2) is 82.6 Å². The number of nitrogens with zero attached hydrogens (tertiary/aromatic N) is 8. The maximum atomic E-state index is 14.3. The van der Waals surface area contributed by atoms with Crippen LogP contribution in [0.4, 0.5) is 32.0 Å². The van der Waals surface area contributed by atoms with Gasteiger partial charge in [-0.3, -0.25) is 10.1 Å². The molecule has 3 heterocycles. The number of benzene rings is 1. The highest BCUT2D eigenvalue weighted by atomic mass is 16.6. The summed E-state index contributed by atoms with van der Waals surface area (Å²) in [7, 11) is 0. The summed E-state index contributed by atoms with van der Waals surface area (Å²) in [6.07, 6.45) is 0.486. The van der Waals surface area contributed by atoms with Gasteiger partial charge in [0.15, 0.2) is 5.65 Å². The maximum Gasteiger partial charge on any atom is 0.417 e. The molecule has 16 heteroatoms. The molecule has 1 atom stereocenters. The molecule has 2 aromatic heterocycles. The second kappa shape index (κ2) is 14.8. The van der Waals surface area contributed by atoms with E-state index in [0.717, 1.165) is 0 Å². The average Bonchev–Trinajstić information content (AvgIpc) is 3.42. The van der Waals surface area contributed by atoms with Gasteiger partial charge in [-0.1, -0.05) is 26.0 Å². The summed E-state index contributed by atoms with van der Waals surface area (Å²) in [4.78, 5) is 67.0. The molecule has 1 saturated heterocycles. The number of hydrogen-bond acceptors (Lipinski definition) is 11. The van der Waals surface area contributed by atoms with E-state index in [9.17, 15) is 24.5 Å². The fraction of sp³-hybridized carbons (Fsp3) is 0.622. The fourth-order valence-electron chi connectivity index (χ4n) is 5.80. The number of nitro benzene ring substituents is 1. The first-order valence-electron chi connectivity index (χ1n) is 17.8. The first-order valence-corrected chi connectivity index (χ1v) is 17.8. The number of hydrogen-bond donors (Lipinski definition) is 0. The number of non-ortho nitro benzene ring substituents is 1. The van der Waals surface area contributed by atoms with Crippen molar-refractivity contribution in [2.75, 3.05) is 16.3 Å². The SMILES string of the molecule is CC(C)c1cnn2c(N(Cc3cccc([N+](=O)[O-])c3)C(=O)OC(C)(C)C)nc(N(C(=O)OC(C)(C)C)C3CCC(C)(C)N(C(=O)OC(C)(C)C)C3)nc12. The minimum Gasteiger partial charge on any atom is -0.444 e. The van der Waals surface area contributed by atoms with Crippen molar-refractivity contribution in [3.63, 3.8) is 0 Å². The van der Waals surface area contributed by atoms with Crippen LogP contribution in [0.25, 0.3) is 5.65 Å². The van der Waals surface area contributed by atoms with Gasteiger partial charge in [0.1, 0.15) is 16.8 Å². The summed E-state index contributed by atoms with van der Waals surface area (Å²) < 4.78 is 18.9. The Balaban J connectivity index is 1.97. The van der Waals surface area contributed by atoms with Crippen molar-refractivity contribution in [2.45, 2.75) is 144 Å². The van der Waals surface area contributed by atoms with Crippen molar-refractivity contribution in [1.82, 2.24) is 24.5 Å². The first-order chi connectivity index (χ1) is 24.3. The zero-order chi connectivity index (χ0) is 39.8. The molecule has 1 aliphatic heterocycles. The summed E-state index contributed by atoms with van der Waals surface area (Å²) in [6, 6.07) is 5.22. The molecule has 53 heavy (non-hydrogen) atoms. The first kappa shape index (κ1) is 40.7. The number of carbonyl (C=O) groups is 3. The second-order valence-corrected chi connectivity index (χ2v) is 17.3. The van der Waals surface area contributed by atoms with Crippen LogP contribution in [0, 0.1) is 10.1 Å². The summed E-state index contributed by atoms with van der Waals surface area (Å²) in [6.45, 7) is 23.4. The van der Waals surface area contributed by atoms with E-state index in [1.54, 1.807) is 79.5 Å². The standard InChI is InChI=1S/C37H54N8O8/c1-23(2)27-20-38-44-28(27)39-29(40-30(44)41(31(46)51-34(3,4)5)21-24-15-14-16-25(19-24)45(49)50)43(33(48)53-36(9,10)11)26-17-18-37(12,13)42(22-26)32(47)52-35(6,7)8/h14-16,19-20,23,26H,17-18,21-22H2,1-13H3. The van der Waals surface area contributed by atoms with E-state index < -0.39 is 51.6 Å². The summed E-state index contributed by atoms with van der Waals surface area (Å²) in [5.41, 5.74) is -1.91. The highest BCUT2D eigenvalue weighted by Gasteiger charge is 2.44. The minimum atomic E-state index is -0.928. The van der Waals surface area contributed by atoms with Gasteiger partial charge in [-0.15, -0.1) is 0 Å². The third kappa shape index (κ3) is 10.1. The van der Waals surface area contributed by atoms with Crippen molar-refractivity contribution < 1.29 is 33.5 Å². The number of piperidine rings is 1. The van der Waals surface area contributed by atoms with Crippen molar-refractivity contribution in [3.8, 4) is 0 Å². The van der Waals surface area contributed by atoms with Gasteiger partial charge in [-0.25, -0.2) is 24.2 Å². The third-order valence-corrected chi connectivity index (χ3v) is 8.30. The number of likely N-dealkylation sites (tertiary alicyclic amines) is 1. The Labute approximate surface area is 310 Å². The number of anilines is 2. The molecular weight excluding hydrogens is 684 g/mol. The zero-order valence-electron chi connectivity index (χ0n) is 33.2. The van der Waals surface area contributed by atoms with Crippen LogP contribution in [0.1, 0.15) is 120 Å². The number of fused-ring (bicyclic) bond motifs is 1. The van der Waals surface area contributed by atoms with E-state index in [1.165, 1.54) is 32.5 Å². The maximum absolute atomic E-state index is 14.3. The molecule has 0 spiro atoms. The number of nitro groups is 1. The monoisotopic (exact) mass is 738 g/mol. The van der Waals surface area contributed by atoms with Crippen LogP contribution < -0.4 is 9.80 Å². The molecule has 290 valence electrons. The Hall–Kier alpha value is -5.02. The van der Waals surface area contributed by atoms with Gasteiger partial charge in [0.25, 0.3) is 5.69 Å². The topological polar surface area (TPSA) is 175 Å². The van der Waals surface area contributed by atoms with Crippen molar-refractivity contribution >= 4 is 41.5 Å². The molecule has 1 unspecified atom stereocenters. The lowest BCUT2D eigenvalue weighted by Crippen LogP contribution is -2.60. The Bertz CT molecular complexity index is 1850. The molecule has 1 fully saturated rings. The van der Waals surface area contributed by atoms with E-state index >= 15 is 0 Å². The van der Waals surface area contributed by atoms with Gasteiger partial charge in [-0.05, 0) is 100 Å². The minimum absolute atomic E-state index is 0.0497. The van der Waals surface area contributed by atoms with Gasteiger partial charge in [-0.2, -0.15) is 19.6 Å². The Kier molecular flexibility index (Phi) is 11.4. The molecule has 0 radical (unpaired) electrons. The number of carbonyl (C=O) groups excluding carboxylic acids is 3. The zero-order valence-corrected chi connectivity index (χ0v) is 33.2. The molecule has 3 aromatic rings. The predicted octanol–water partition coefficient (Wildman–Crippen LogP) is 8.02. The van der Waals surface area contributed by atoms with Gasteiger partial charge >= 0.3 is 18.3 Å². The van der Waals surface area contributed by atoms with E-state index in [0.29, 0.717) is 29.6 Å². The van der Waals surface area contributed by atoms with Gasteiger partial charge in [0.05, 0.1) is 23.7 Å². The Morgan fingerprint density at radius 2 is 1.57 bits per heavy atom. The summed E-state index contributed by atoms with van der Waals surface area (Å²) >= 11 is 0. The predicted molar refractivity (Wildman–Crippen MR) is 199 cm³/mol. The van der Waals surface area contributed by atoms with E-state index in [1.807, 2.05) is 27.7 Å². The van der Waals surface area contributed by atoms with Crippen LogP contribution in [-0.2, 0) is 20.8 Å². The van der Waals surface area contributed by atoms with Crippen LogP contribution in [0.15, 0.2) is 30.5 Å². The lowest BCUT2D eigenvalue weighted by atomic mass is 9.88. The molecule has 16 nitrogen and oxygen atoms in total. The third-order valence-electron chi connectivity index (χ3n) is 8.30. The summed E-state index contributed by atoms with van der Waals surface area (Å²) in [5.74, 6) is -0.222. The lowest BCUT2D eigenvalue weighted by Gasteiger charge is -2.47. The Morgan fingerprint density at radius 1 is 0.962 bits per heavy atom. The van der Waals surface area contributed by atoms with Crippen molar-refractivity contribution in [1.29, 1.82) is 0 Å². The van der Waals surface area contributed by atoms with Gasteiger partial charge < -0.3 is 19.1 Å². The second-order valence-electron chi connectivity index (χ2n) is 17.3. The largest absolute Gasteiger partial charge is 0.444 e. The smallest absolute Gasteiger partial charge is 0.417 e. The highest BCUT2D eigenvalue weighted by Crippen LogP contribution is 2.35. The molecule has 1 aliphatic rings. The van der Waals surface area contributed by atoms with Gasteiger partial charge in [0, 0.05) is 29.8 Å².